The lowest BCUT2D eigenvalue weighted by molar-refractivity contribution is -0.143. The zero-order chi connectivity index (χ0) is 67.4. The highest BCUT2D eigenvalue weighted by Gasteiger charge is 2.38. The van der Waals surface area contributed by atoms with Crippen molar-refractivity contribution in [3.05, 3.63) is 29.8 Å². The van der Waals surface area contributed by atoms with Gasteiger partial charge in [0.1, 0.15) is 72.2 Å². The van der Waals surface area contributed by atoms with Gasteiger partial charge in [-0.1, -0.05) is 102 Å². The summed E-state index contributed by atoms with van der Waals surface area (Å²) in [5.74, 6) is -14.1. The monoisotopic (exact) mass is 1250 g/mol. The predicted molar refractivity (Wildman–Crippen MR) is 321 cm³/mol. The molecule has 0 aromatic heterocycles. The number of nitrogens with one attached hydrogen (secondary N) is 12. The average molecular weight is 1250 g/mol. The molecule has 0 aliphatic heterocycles. The second-order valence-corrected chi connectivity index (χ2v) is 23.7. The van der Waals surface area contributed by atoms with E-state index in [0.29, 0.717) is 12.0 Å². The first-order chi connectivity index (χ1) is 41.0. The van der Waals surface area contributed by atoms with Gasteiger partial charge in [-0.3, -0.25) is 57.5 Å². The Morgan fingerprint density at radius 1 is 0.420 bits per heavy atom. The fraction of sp³-hybridized carbons (Fsp3) is 0.672. The Kier molecular flexibility index (Phi) is 34.0. The molecule has 0 spiro atoms. The topological polar surface area (TPSA) is 473 Å². The van der Waals surface area contributed by atoms with Gasteiger partial charge in [0.15, 0.2) is 0 Å². The number of carbonyl (C=O) groups is 13. The predicted octanol–water partition coefficient (Wildman–Crippen LogP) is -3.44. The number of benzene rings is 1. The Bertz CT molecular complexity index is 2550. The van der Waals surface area contributed by atoms with Crippen molar-refractivity contribution in [2.75, 3.05) is 26.3 Å². The molecule has 1 aromatic rings. The van der Waals surface area contributed by atoms with Crippen molar-refractivity contribution in [1.82, 2.24) is 63.8 Å². The van der Waals surface area contributed by atoms with Crippen LogP contribution in [0.15, 0.2) is 24.3 Å². The Hall–Kier alpha value is -7.99. The van der Waals surface area contributed by atoms with E-state index in [2.05, 4.69) is 58.5 Å². The quantitative estimate of drug-likeness (QED) is 0.0306. The number of phenols is 1. The number of aliphatic hydroxyl groups excluding tert-OH is 2. The van der Waals surface area contributed by atoms with Gasteiger partial charge >= 0.3 is 5.97 Å². The number of hydrogen-bond acceptors (Lipinski definition) is 17. The summed E-state index contributed by atoms with van der Waals surface area (Å²) in [6.45, 7) is 19.8. The number of carboxylic acid groups (broad SMARTS) is 1. The highest BCUT2D eigenvalue weighted by molar-refractivity contribution is 5.99. The van der Waals surface area contributed by atoms with E-state index in [-0.39, 0.29) is 36.8 Å². The number of rotatable bonds is 38. The van der Waals surface area contributed by atoms with Gasteiger partial charge in [-0.15, -0.1) is 0 Å². The van der Waals surface area contributed by atoms with Gasteiger partial charge in [-0.2, -0.15) is 0 Å². The highest BCUT2D eigenvalue weighted by Crippen LogP contribution is 2.15. The minimum absolute atomic E-state index is 0.00982. The van der Waals surface area contributed by atoms with Gasteiger partial charge in [0.05, 0.1) is 26.3 Å². The van der Waals surface area contributed by atoms with Crippen molar-refractivity contribution < 1.29 is 82.8 Å². The van der Waals surface area contributed by atoms with E-state index in [4.69, 9.17) is 10.8 Å². The van der Waals surface area contributed by atoms with E-state index < -0.39 is 193 Å². The van der Waals surface area contributed by atoms with Crippen LogP contribution in [0.5, 0.6) is 5.75 Å². The van der Waals surface area contributed by atoms with Crippen molar-refractivity contribution >= 4 is 76.9 Å². The molecule has 0 fully saturated rings. The minimum Gasteiger partial charge on any atom is -0.508 e. The Morgan fingerprint density at radius 2 is 0.784 bits per heavy atom. The molecule has 0 bridgehead atoms. The summed E-state index contributed by atoms with van der Waals surface area (Å²) in [4.78, 5) is 173. The van der Waals surface area contributed by atoms with E-state index in [9.17, 15) is 77.6 Å². The fourth-order valence-corrected chi connectivity index (χ4v) is 8.56. The summed E-state index contributed by atoms with van der Waals surface area (Å²) < 4.78 is 0. The van der Waals surface area contributed by atoms with E-state index in [1.54, 1.807) is 81.4 Å². The van der Waals surface area contributed by atoms with Gasteiger partial charge in [0, 0.05) is 6.42 Å². The number of nitrogens with two attached hydrogens (primary N) is 1. The molecular weight excluding hydrogens is 1150 g/mol. The van der Waals surface area contributed by atoms with E-state index >= 15 is 0 Å². The molecule has 12 amide bonds. The maximum atomic E-state index is 14.1. The average Bonchev–Trinajstić information content (AvgIpc) is 3.65. The van der Waals surface area contributed by atoms with Crippen LogP contribution in [0.1, 0.15) is 122 Å². The molecule has 30 nitrogen and oxygen atoms in total. The fourth-order valence-electron chi connectivity index (χ4n) is 8.56. The van der Waals surface area contributed by atoms with Crippen LogP contribution < -0.4 is 69.5 Å². The number of carbonyl (C=O) groups excluding carboxylic acids is 12. The first-order valence-corrected chi connectivity index (χ1v) is 29.5. The van der Waals surface area contributed by atoms with E-state index in [0.717, 1.165) is 0 Å². The van der Waals surface area contributed by atoms with Crippen LogP contribution >= 0.6 is 0 Å². The molecule has 12 atom stereocenters. The largest absolute Gasteiger partial charge is 0.508 e. The molecule has 0 aliphatic carbocycles. The summed E-state index contributed by atoms with van der Waals surface area (Å²) >= 11 is 0. The van der Waals surface area contributed by atoms with Crippen molar-refractivity contribution in [3.8, 4) is 5.75 Å². The molecule has 0 saturated carbocycles. The molecule has 496 valence electrons. The highest BCUT2D eigenvalue weighted by atomic mass is 16.4. The molecule has 0 heterocycles. The van der Waals surface area contributed by atoms with Gasteiger partial charge in [-0.05, 0) is 79.9 Å². The molecule has 1 rings (SSSR count). The first kappa shape index (κ1) is 78.0. The molecule has 30 heteroatoms. The standard InChI is InChI=1S/C58H97N13O17/c1-15-32(12)47(57(86)67-40(25-72)53(82)65-37(20-27(2)3)50(79)60-24-43(76)64-41(26-73)58(87)88)71-56(85)46(31(10)11)70-55(84)45(30(8)9)69-49(78)34(14)62-54(83)44(29(6)7)68-48(77)33(13)61-51(80)38(21-28(4)5)66-52(81)39(63-42(75)23-59)22-35-16-18-36(74)19-17-35/h16-19,27-34,37-41,44-47,72-74H,15,20-26,59H2,1-14H3,(H,60,79)(H,61,80)(H,62,83)(H,63,75)(H,64,76)(H,65,82)(H,66,81)(H,67,86)(H,68,77)(H,69,78)(H,70,84)(H,71,85)(H,87,88)/t32-,33-,34-,37-,38-,39-,40-,41-,44-,45-,46-,47-/m0/s1. The normalized spacial score (nSPS) is 15.4. The van der Waals surface area contributed by atoms with Crippen LogP contribution in [0, 0.1) is 35.5 Å². The Morgan fingerprint density at radius 3 is 1.19 bits per heavy atom. The molecule has 88 heavy (non-hydrogen) atoms. The lowest BCUT2D eigenvalue weighted by Gasteiger charge is -2.31. The summed E-state index contributed by atoms with van der Waals surface area (Å²) in [7, 11) is 0. The van der Waals surface area contributed by atoms with E-state index in [1.807, 2.05) is 19.2 Å². The third kappa shape index (κ3) is 27.0. The lowest BCUT2D eigenvalue weighted by atomic mass is 9.95. The molecule has 0 unspecified atom stereocenters. The van der Waals surface area contributed by atoms with Gasteiger partial charge in [0.25, 0.3) is 0 Å². The van der Waals surface area contributed by atoms with Crippen molar-refractivity contribution in [2.45, 2.75) is 189 Å². The third-order valence-corrected chi connectivity index (χ3v) is 14.0. The number of amides is 12. The third-order valence-electron chi connectivity index (χ3n) is 14.0. The van der Waals surface area contributed by atoms with Gasteiger partial charge in [-0.25, -0.2) is 4.79 Å². The van der Waals surface area contributed by atoms with Crippen LogP contribution in [-0.4, -0.2) is 190 Å². The zero-order valence-corrected chi connectivity index (χ0v) is 53.0. The smallest absolute Gasteiger partial charge is 0.328 e. The maximum Gasteiger partial charge on any atom is 0.328 e. The Balaban J connectivity index is 3.17. The molecule has 1 aromatic carbocycles. The SMILES string of the molecule is CC[C@H](C)[C@H](NC(=O)[C@@H](NC(=O)[C@@H](NC(=O)[C@H](C)NC(=O)[C@@H](NC(=O)[C@H](C)NC(=O)[C@H](CC(C)C)NC(=O)[C@H](Cc1ccc(O)cc1)NC(=O)CN)C(C)C)C(C)C)C(C)C)C(=O)N[C@@H](CO)C(=O)N[C@@H](CC(C)C)C(=O)NCC(=O)N[C@@H](CO)C(=O)O. The molecular formula is C58H97N13O17. The Labute approximate surface area is 514 Å². The van der Waals surface area contributed by atoms with Crippen LogP contribution in [0.2, 0.25) is 0 Å². The van der Waals surface area contributed by atoms with Crippen molar-refractivity contribution in [1.29, 1.82) is 0 Å². The number of hydrogen-bond donors (Lipinski definition) is 17. The van der Waals surface area contributed by atoms with Crippen LogP contribution in [0.3, 0.4) is 0 Å². The molecule has 18 N–H and O–H groups in total. The second kappa shape index (κ2) is 38.3. The maximum absolute atomic E-state index is 14.1. The molecule has 0 saturated heterocycles. The summed E-state index contributed by atoms with van der Waals surface area (Å²) in [5, 5.41) is 68.3. The first-order valence-electron chi connectivity index (χ1n) is 29.5. The lowest BCUT2D eigenvalue weighted by Crippen LogP contribution is -2.62. The van der Waals surface area contributed by atoms with Crippen LogP contribution in [0.4, 0.5) is 0 Å². The van der Waals surface area contributed by atoms with E-state index in [1.165, 1.54) is 26.0 Å². The van der Waals surface area contributed by atoms with Crippen molar-refractivity contribution in [3.63, 3.8) is 0 Å². The number of carboxylic acids is 1. The number of aliphatic hydroxyl groups is 2. The number of aliphatic carboxylic acids is 1. The van der Waals surface area contributed by atoms with Crippen LogP contribution in [0.25, 0.3) is 0 Å². The van der Waals surface area contributed by atoms with Crippen LogP contribution in [-0.2, 0) is 68.7 Å². The number of phenolic OH excluding ortho intramolecular Hbond substituents is 1. The van der Waals surface area contributed by atoms with Gasteiger partial charge in [0.2, 0.25) is 70.9 Å². The second-order valence-electron chi connectivity index (χ2n) is 23.7. The molecule has 0 radical (unpaired) electrons. The number of aromatic hydroxyl groups is 1. The van der Waals surface area contributed by atoms with Gasteiger partial charge < -0.3 is 90.0 Å². The van der Waals surface area contributed by atoms with Crippen molar-refractivity contribution in [2.24, 2.45) is 41.2 Å². The molecule has 0 aliphatic rings. The zero-order valence-electron chi connectivity index (χ0n) is 53.0. The minimum atomic E-state index is -1.66. The summed E-state index contributed by atoms with van der Waals surface area (Å²) in [5.41, 5.74) is 6.08. The summed E-state index contributed by atoms with van der Waals surface area (Å²) in [6.07, 6.45) is 0.456. The summed E-state index contributed by atoms with van der Waals surface area (Å²) in [6, 6.07) is -8.78.